The smallest absolute Gasteiger partial charge is 0.417 e. The number of hydrogen-bond donors (Lipinski definition) is 0. The van der Waals surface area contributed by atoms with Crippen LogP contribution in [0.2, 0.25) is 5.02 Å². The molecule has 162 valence electrons. The highest BCUT2D eigenvalue weighted by Gasteiger charge is 2.31. The molecular formula is C20H19ClF3NO5. The number of aromatic nitrogens is 1. The van der Waals surface area contributed by atoms with Crippen molar-refractivity contribution in [2.24, 2.45) is 0 Å². The SMILES string of the molecule is CCOC(=O)/C=C/c1ccc(OCCOC)cc1Oc1ncc(C(F)(F)F)cc1Cl. The van der Waals surface area contributed by atoms with Gasteiger partial charge in [0.15, 0.2) is 0 Å². The average molecular weight is 446 g/mol. The number of methoxy groups -OCH3 is 1. The molecule has 0 aliphatic heterocycles. The quantitative estimate of drug-likeness (QED) is 0.302. The number of rotatable bonds is 9. The molecule has 0 aliphatic rings. The van der Waals surface area contributed by atoms with E-state index in [0.29, 0.717) is 24.1 Å². The molecule has 0 unspecified atom stereocenters. The molecule has 0 spiro atoms. The molecule has 0 atom stereocenters. The third-order valence-electron chi connectivity index (χ3n) is 3.57. The molecular weight excluding hydrogens is 427 g/mol. The van der Waals surface area contributed by atoms with Gasteiger partial charge in [0.05, 0.1) is 18.8 Å². The van der Waals surface area contributed by atoms with Gasteiger partial charge >= 0.3 is 12.1 Å². The second kappa shape index (κ2) is 10.8. The van der Waals surface area contributed by atoms with E-state index in [1.807, 2.05) is 0 Å². The lowest BCUT2D eigenvalue weighted by atomic mass is 10.1. The van der Waals surface area contributed by atoms with Crippen LogP contribution in [-0.4, -0.2) is 37.9 Å². The molecule has 0 radical (unpaired) electrons. The summed E-state index contributed by atoms with van der Waals surface area (Å²) in [5, 5.41) is -0.323. The summed E-state index contributed by atoms with van der Waals surface area (Å²) in [6.07, 6.45) is -1.34. The van der Waals surface area contributed by atoms with Crippen molar-refractivity contribution in [1.82, 2.24) is 4.98 Å². The Morgan fingerprint density at radius 3 is 2.63 bits per heavy atom. The van der Waals surface area contributed by atoms with Crippen LogP contribution in [0.1, 0.15) is 18.1 Å². The Bertz CT molecular complexity index is 902. The first-order chi connectivity index (χ1) is 14.2. The van der Waals surface area contributed by atoms with Crippen molar-refractivity contribution in [2.45, 2.75) is 13.1 Å². The molecule has 6 nitrogen and oxygen atoms in total. The molecule has 1 aromatic carbocycles. The third kappa shape index (κ3) is 6.93. The van der Waals surface area contributed by atoms with Crippen molar-refractivity contribution in [2.75, 3.05) is 26.9 Å². The summed E-state index contributed by atoms with van der Waals surface area (Å²) >= 11 is 5.92. The van der Waals surface area contributed by atoms with Gasteiger partial charge in [0.2, 0.25) is 5.88 Å². The summed E-state index contributed by atoms with van der Waals surface area (Å²) in [6, 6.07) is 5.45. The monoisotopic (exact) mass is 445 g/mol. The largest absolute Gasteiger partial charge is 0.491 e. The fourth-order valence-corrected chi connectivity index (χ4v) is 2.39. The Kier molecular flexibility index (Phi) is 8.49. The van der Waals surface area contributed by atoms with Gasteiger partial charge in [-0.05, 0) is 31.2 Å². The van der Waals surface area contributed by atoms with E-state index in [2.05, 4.69) is 4.98 Å². The number of halogens is 4. The van der Waals surface area contributed by atoms with E-state index in [1.54, 1.807) is 19.1 Å². The summed E-state index contributed by atoms with van der Waals surface area (Å²) in [6.45, 7) is 2.51. The lowest BCUT2D eigenvalue weighted by Crippen LogP contribution is -2.06. The topological polar surface area (TPSA) is 66.9 Å². The van der Waals surface area contributed by atoms with Gasteiger partial charge in [-0.3, -0.25) is 0 Å². The first kappa shape index (κ1) is 23.5. The number of carbonyl (C=O) groups excluding carboxylic acids is 1. The van der Waals surface area contributed by atoms with Crippen LogP contribution in [0.15, 0.2) is 36.5 Å². The molecule has 30 heavy (non-hydrogen) atoms. The Morgan fingerprint density at radius 2 is 2.00 bits per heavy atom. The van der Waals surface area contributed by atoms with E-state index in [1.165, 1.54) is 25.3 Å². The van der Waals surface area contributed by atoms with Gasteiger partial charge in [-0.15, -0.1) is 0 Å². The number of alkyl halides is 3. The predicted molar refractivity (Wildman–Crippen MR) is 104 cm³/mol. The Balaban J connectivity index is 2.34. The first-order valence-electron chi connectivity index (χ1n) is 8.75. The second-order valence-corrected chi connectivity index (χ2v) is 6.14. The first-order valence-corrected chi connectivity index (χ1v) is 9.13. The van der Waals surface area contributed by atoms with Gasteiger partial charge in [0, 0.05) is 31.0 Å². The zero-order chi connectivity index (χ0) is 22.1. The molecule has 0 fully saturated rings. The zero-order valence-electron chi connectivity index (χ0n) is 16.2. The summed E-state index contributed by atoms with van der Waals surface area (Å²) < 4.78 is 59.3. The molecule has 0 amide bonds. The summed E-state index contributed by atoms with van der Waals surface area (Å²) in [7, 11) is 1.53. The molecule has 10 heteroatoms. The fraction of sp³-hybridized carbons (Fsp3) is 0.300. The maximum absolute atomic E-state index is 12.8. The predicted octanol–water partition coefficient (Wildman–Crippen LogP) is 5.15. The molecule has 0 saturated heterocycles. The van der Waals surface area contributed by atoms with Crippen LogP contribution in [0.25, 0.3) is 6.08 Å². The Morgan fingerprint density at radius 1 is 1.23 bits per heavy atom. The van der Waals surface area contributed by atoms with E-state index in [0.717, 1.165) is 6.07 Å². The molecule has 0 aliphatic carbocycles. The normalized spacial score (nSPS) is 11.5. The minimum atomic E-state index is -4.59. The summed E-state index contributed by atoms with van der Waals surface area (Å²) in [5.41, 5.74) is -0.571. The lowest BCUT2D eigenvalue weighted by molar-refractivity contribution is -0.138. The third-order valence-corrected chi connectivity index (χ3v) is 3.84. The van der Waals surface area contributed by atoms with Crippen LogP contribution >= 0.6 is 11.6 Å². The maximum Gasteiger partial charge on any atom is 0.417 e. The number of carbonyl (C=O) groups is 1. The van der Waals surface area contributed by atoms with Crippen LogP contribution in [0.3, 0.4) is 0 Å². The highest BCUT2D eigenvalue weighted by Crippen LogP contribution is 2.36. The Hall–Kier alpha value is -2.78. The number of nitrogens with zero attached hydrogens (tertiary/aromatic N) is 1. The number of hydrogen-bond acceptors (Lipinski definition) is 6. The molecule has 0 bridgehead atoms. The van der Waals surface area contributed by atoms with E-state index in [9.17, 15) is 18.0 Å². The van der Waals surface area contributed by atoms with Gasteiger partial charge in [-0.25, -0.2) is 9.78 Å². The van der Waals surface area contributed by atoms with E-state index >= 15 is 0 Å². The number of esters is 1. The van der Waals surface area contributed by atoms with E-state index < -0.39 is 17.7 Å². The van der Waals surface area contributed by atoms with Crippen LogP contribution in [0.5, 0.6) is 17.4 Å². The number of benzene rings is 1. The van der Waals surface area contributed by atoms with Gasteiger partial charge in [-0.2, -0.15) is 13.2 Å². The van der Waals surface area contributed by atoms with Crippen LogP contribution < -0.4 is 9.47 Å². The number of pyridine rings is 1. The van der Waals surface area contributed by atoms with Crippen molar-refractivity contribution >= 4 is 23.6 Å². The minimum Gasteiger partial charge on any atom is -0.491 e. The maximum atomic E-state index is 12.8. The molecule has 2 aromatic rings. The van der Waals surface area contributed by atoms with Crippen molar-refractivity contribution in [3.63, 3.8) is 0 Å². The molecule has 2 rings (SSSR count). The van der Waals surface area contributed by atoms with E-state index in [-0.39, 0.29) is 29.9 Å². The molecule has 0 N–H and O–H groups in total. The highest BCUT2D eigenvalue weighted by molar-refractivity contribution is 6.31. The van der Waals surface area contributed by atoms with Gasteiger partial charge in [0.25, 0.3) is 0 Å². The average Bonchev–Trinajstić information content (AvgIpc) is 2.68. The van der Waals surface area contributed by atoms with Crippen LogP contribution in [-0.2, 0) is 20.4 Å². The van der Waals surface area contributed by atoms with Gasteiger partial charge in [0.1, 0.15) is 23.1 Å². The van der Waals surface area contributed by atoms with Crippen molar-refractivity contribution in [3.05, 3.63) is 52.7 Å². The van der Waals surface area contributed by atoms with Crippen LogP contribution in [0, 0.1) is 0 Å². The fourth-order valence-electron chi connectivity index (χ4n) is 2.18. The molecule has 0 saturated carbocycles. The highest BCUT2D eigenvalue weighted by atomic mass is 35.5. The van der Waals surface area contributed by atoms with Gasteiger partial charge < -0.3 is 18.9 Å². The van der Waals surface area contributed by atoms with E-state index in [4.69, 9.17) is 30.5 Å². The minimum absolute atomic E-state index is 0.166. The van der Waals surface area contributed by atoms with Crippen molar-refractivity contribution < 1.29 is 36.9 Å². The second-order valence-electron chi connectivity index (χ2n) is 5.74. The molecule has 1 aromatic heterocycles. The molecule has 1 heterocycles. The lowest BCUT2D eigenvalue weighted by Gasteiger charge is -2.13. The number of ether oxygens (including phenoxy) is 4. The van der Waals surface area contributed by atoms with Crippen LogP contribution in [0.4, 0.5) is 13.2 Å². The van der Waals surface area contributed by atoms with Crippen molar-refractivity contribution in [3.8, 4) is 17.4 Å². The zero-order valence-corrected chi connectivity index (χ0v) is 16.9. The standard InChI is InChI=1S/C20H19ClF3NO5/c1-3-28-18(26)7-5-13-4-6-15(29-9-8-27-2)11-17(13)30-19-16(21)10-14(12-25-19)20(22,23)24/h4-7,10-12H,3,8-9H2,1-2H3/b7-5+. The van der Waals surface area contributed by atoms with Gasteiger partial charge in [-0.1, -0.05) is 11.6 Å². The Labute approximate surface area is 176 Å². The van der Waals surface area contributed by atoms with Crippen molar-refractivity contribution in [1.29, 1.82) is 0 Å². The summed E-state index contributed by atoms with van der Waals surface area (Å²) in [4.78, 5) is 15.2. The summed E-state index contributed by atoms with van der Waals surface area (Å²) in [5.74, 6) is -0.211.